The second-order valence-corrected chi connectivity index (χ2v) is 3.69. The van der Waals surface area contributed by atoms with E-state index in [1.165, 1.54) is 32.8 Å². The molecule has 1 unspecified atom stereocenters. The molecule has 0 aromatic carbocycles. The second kappa shape index (κ2) is 3.52. The number of likely N-dealkylation sites (N-methyl/N-ethyl adjacent to an activating group) is 2. The molecule has 1 atom stereocenters. The zero-order chi connectivity index (χ0) is 11.8. The van der Waals surface area contributed by atoms with E-state index in [1.807, 2.05) is 0 Å². The Morgan fingerprint density at radius 1 is 1.40 bits per heavy atom. The van der Waals surface area contributed by atoms with E-state index in [0.29, 0.717) is 0 Å². The minimum Gasteiger partial charge on any atom is -0.430 e. The molecule has 1 fully saturated rings. The minimum absolute atomic E-state index is 0.00614. The van der Waals surface area contributed by atoms with Crippen LogP contribution in [0.25, 0.3) is 0 Å². The fraction of sp³-hybridized carbons (Fsp3) is 0.667. The highest BCUT2D eigenvalue weighted by Crippen LogP contribution is 2.22. The van der Waals surface area contributed by atoms with E-state index in [2.05, 4.69) is 0 Å². The first-order valence-electron chi connectivity index (χ1n) is 4.51. The fourth-order valence-corrected chi connectivity index (χ4v) is 1.51. The highest BCUT2D eigenvalue weighted by Gasteiger charge is 2.49. The van der Waals surface area contributed by atoms with Gasteiger partial charge in [-0.3, -0.25) is 19.3 Å². The zero-order valence-corrected chi connectivity index (χ0v) is 9.23. The molecule has 1 aliphatic rings. The number of esters is 1. The highest BCUT2D eigenvalue weighted by molar-refractivity contribution is 5.97. The van der Waals surface area contributed by atoms with Crippen molar-refractivity contribution in [3.8, 4) is 0 Å². The molecule has 0 saturated carbocycles. The molecule has 6 heteroatoms. The summed E-state index contributed by atoms with van der Waals surface area (Å²) < 4.78 is 4.92. The second-order valence-electron chi connectivity index (χ2n) is 3.69. The van der Waals surface area contributed by atoms with Gasteiger partial charge in [0.05, 0.1) is 6.54 Å². The van der Waals surface area contributed by atoms with Crippen molar-refractivity contribution in [1.82, 2.24) is 9.80 Å². The number of carbonyl (C=O) groups excluding carboxylic acids is 3. The summed E-state index contributed by atoms with van der Waals surface area (Å²) in [6.07, 6.45) is 0. The number of rotatable bonds is 1. The molecule has 0 bridgehead atoms. The Kier molecular flexibility index (Phi) is 2.70. The van der Waals surface area contributed by atoms with Gasteiger partial charge >= 0.3 is 5.97 Å². The average molecular weight is 214 g/mol. The van der Waals surface area contributed by atoms with E-state index in [0.717, 1.165) is 4.90 Å². The molecular weight excluding hydrogens is 200 g/mol. The van der Waals surface area contributed by atoms with Gasteiger partial charge in [0.2, 0.25) is 5.91 Å². The minimum atomic E-state index is -1.52. The molecule has 1 saturated heterocycles. The molecule has 1 aliphatic heterocycles. The number of ether oxygens (including phenoxy) is 1. The molecule has 84 valence electrons. The summed E-state index contributed by atoms with van der Waals surface area (Å²) in [6, 6.07) is 0. The molecule has 0 spiro atoms. The van der Waals surface area contributed by atoms with Gasteiger partial charge in [0.15, 0.2) is 0 Å². The van der Waals surface area contributed by atoms with Crippen LogP contribution in [-0.4, -0.2) is 53.9 Å². The fourth-order valence-electron chi connectivity index (χ4n) is 1.51. The third-order valence-corrected chi connectivity index (χ3v) is 2.47. The van der Waals surface area contributed by atoms with Crippen LogP contribution in [0.3, 0.4) is 0 Å². The molecule has 0 aliphatic carbocycles. The summed E-state index contributed by atoms with van der Waals surface area (Å²) in [7, 11) is 2.94. The van der Waals surface area contributed by atoms with Crippen molar-refractivity contribution < 1.29 is 19.1 Å². The molecule has 0 aromatic rings. The van der Waals surface area contributed by atoms with Gasteiger partial charge in [-0.1, -0.05) is 0 Å². The Bertz CT molecular complexity index is 328. The van der Waals surface area contributed by atoms with Crippen molar-refractivity contribution in [1.29, 1.82) is 0 Å². The van der Waals surface area contributed by atoms with Crippen LogP contribution >= 0.6 is 0 Å². The topological polar surface area (TPSA) is 66.9 Å². The van der Waals surface area contributed by atoms with Crippen molar-refractivity contribution in [3.63, 3.8) is 0 Å². The third-order valence-electron chi connectivity index (χ3n) is 2.47. The van der Waals surface area contributed by atoms with E-state index in [1.54, 1.807) is 0 Å². The molecular formula is C9H14N2O4. The van der Waals surface area contributed by atoms with Crippen molar-refractivity contribution in [2.24, 2.45) is 0 Å². The normalized spacial score (nSPS) is 26.9. The van der Waals surface area contributed by atoms with Gasteiger partial charge in [0.25, 0.3) is 11.6 Å². The van der Waals surface area contributed by atoms with Gasteiger partial charge in [-0.05, 0) is 0 Å². The maximum absolute atomic E-state index is 11.8. The van der Waals surface area contributed by atoms with Crippen molar-refractivity contribution >= 4 is 17.8 Å². The van der Waals surface area contributed by atoms with Crippen LogP contribution < -0.4 is 0 Å². The first-order chi connectivity index (χ1) is 6.79. The Morgan fingerprint density at radius 3 is 2.40 bits per heavy atom. The molecule has 1 rings (SSSR count). The summed E-state index contributed by atoms with van der Waals surface area (Å²) in [4.78, 5) is 36.6. The first-order valence-corrected chi connectivity index (χ1v) is 4.51. The maximum atomic E-state index is 11.8. The van der Waals surface area contributed by atoms with Gasteiger partial charge in [0.1, 0.15) is 0 Å². The summed E-state index contributed by atoms with van der Waals surface area (Å²) in [5.74, 6) is -1.26. The molecule has 6 nitrogen and oxygen atoms in total. The van der Waals surface area contributed by atoms with E-state index >= 15 is 0 Å². The molecule has 1 heterocycles. The number of nitrogens with zero attached hydrogens (tertiary/aromatic N) is 2. The number of piperazine rings is 1. The van der Waals surface area contributed by atoms with Crippen molar-refractivity contribution in [2.75, 3.05) is 20.6 Å². The quantitative estimate of drug-likeness (QED) is 0.536. The smallest absolute Gasteiger partial charge is 0.305 e. The Balaban J connectivity index is 3.04. The lowest BCUT2D eigenvalue weighted by Gasteiger charge is -2.42. The number of amides is 2. The van der Waals surface area contributed by atoms with Crippen molar-refractivity contribution in [2.45, 2.75) is 19.6 Å². The monoisotopic (exact) mass is 214 g/mol. The number of hydrogen-bond acceptors (Lipinski definition) is 4. The van der Waals surface area contributed by atoms with Crippen LogP contribution in [0, 0.1) is 0 Å². The predicted octanol–water partition coefficient (Wildman–Crippen LogP) is -0.804. The van der Waals surface area contributed by atoms with Crippen LogP contribution in [-0.2, 0) is 19.1 Å². The SMILES string of the molecule is CC(=O)OC1(C)C(=O)N(C)CC(=O)N1C. The Morgan fingerprint density at radius 2 is 1.93 bits per heavy atom. The number of hydrogen-bond donors (Lipinski definition) is 0. The molecule has 0 N–H and O–H groups in total. The summed E-state index contributed by atoms with van der Waals surface area (Å²) in [5.41, 5.74) is -1.52. The lowest BCUT2D eigenvalue weighted by Crippen LogP contribution is -2.66. The van der Waals surface area contributed by atoms with Gasteiger partial charge in [0, 0.05) is 27.9 Å². The Labute approximate surface area is 87.8 Å². The van der Waals surface area contributed by atoms with Crippen LogP contribution in [0.1, 0.15) is 13.8 Å². The molecule has 0 aromatic heterocycles. The van der Waals surface area contributed by atoms with Crippen LogP contribution in [0.2, 0.25) is 0 Å². The van der Waals surface area contributed by atoms with Crippen LogP contribution in [0.15, 0.2) is 0 Å². The predicted molar refractivity (Wildman–Crippen MR) is 50.6 cm³/mol. The van der Waals surface area contributed by atoms with Gasteiger partial charge in [-0.2, -0.15) is 0 Å². The maximum Gasteiger partial charge on any atom is 0.305 e. The third kappa shape index (κ3) is 1.79. The van der Waals surface area contributed by atoms with Gasteiger partial charge in [-0.25, -0.2) is 0 Å². The zero-order valence-electron chi connectivity index (χ0n) is 9.23. The van der Waals surface area contributed by atoms with Crippen LogP contribution in [0.5, 0.6) is 0 Å². The van der Waals surface area contributed by atoms with Crippen LogP contribution in [0.4, 0.5) is 0 Å². The molecule has 0 radical (unpaired) electrons. The lowest BCUT2D eigenvalue weighted by molar-refractivity contribution is -0.200. The lowest BCUT2D eigenvalue weighted by atomic mass is 10.1. The summed E-state index contributed by atoms with van der Waals surface area (Å²) in [6.45, 7) is 2.61. The van der Waals surface area contributed by atoms with Crippen molar-refractivity contribution in [3.05, 3.63) is 0 Å². The number of carbonyl (C=O) groups is 3. The largest absolute Gasteiger partial charge is 0.430 e. The van der Waals surface area contributed by atoms with E-state index in [-0.39, 0.29) is 12.5 Å². The molecule has 15 heavy (non-hydrogen) atoms. The van der Waals surface area contributed by atoms with E-state index < -0.39 is 17.6 Å². The average Bonchev–Trinajstić information content (AvgIpc) is 2.11. The highest BCUT2D eigenvalue weighted by atomic mass is 16.6. The first kappa shape index (κ1) is 11.5. The van der Waals surface area contributed by atoms with Gasteiger partial charge in [-0.15, -0.1) is 0 Å². The standard InChI is InChI=1S/C9H14N2O4/c1-6(12)15-9(2)8(14)10(3)5-7(13)11(9)4/h5H2,1-4H3. The van der Waals surface area contributed by atoms with E-state index in [4.69, 9.17) is 4.74 Å². The molecule has 2 amide bonds. The Hall–Kier alpha value is -1.59. The van der Waals surface area contributed by atoms with E-state index in [9.17, 15) is 14.4 Å². The summed E-state index contributed by atoms with van der Waals surface area (Å²) >= 11 is 0. The van der Waals surface area contributed by atoms with Gasteiger partial charge < -0.3 is 9.64 Å². The summed E-state index contributed by atoms with van der Waals surface area (Å²) in [5, 5.41) is 0.